The molecule has 31 heavy (non-hydrogen) atoms. The van der Waals surface area contributed by atoms with Crippen LogP contribution in [0.5, 0.6) is 0 Å². The maximum absolute atomic E-state index is 13.2. The molecule has 0 spiro atoms. The number of ether oxygens (including phenoxy) is 2. The van der Waals surface area contributed by atoms with Crippen molar-refractivity contribution >= 4 is 17.8 Å². The molecule has 0 heterocycles. The third-order valence-corrected chi connectivity index (χ3v) is 4.98. The van der Waals surface area contributed by atoms with Crippen LogP contribution in [0.2, 0.25) is 0 Å². The van der Waals surface area contributed by atoms with Crippen LogP contribution >= 0.6 is 0 Å². The summed E-state index contributed by atoms with van der Waals surface area (Å²) in [7, 11) is 1.24. The summed E-state index contributed by atoms with van der Waals surface area (Å²) < 4.78 is 10.3. The normalized spacial score (nSPS) is 15.2. The van der Waals surface area contributed by atoms with Crippen LogP contribution in [0.15, 0.2) is 43.0 Å². The molecule has 0 saturated heterocycles. The Balaban J connectivity index is 3.07. The second-order valence-electron chi connectivity index (χ2n) is 8.48. The summed E-state index contributed by atoms with van der Waals surface area (Å²) in [4.78, 5) is 38.5. The second kappa shape index (κ2) is 12.2. The van der Waals surface area contributed by atoms with Gasteiger partial charge in [-0.25, -0.2) is 4.79 Å². The summed E-state index contributed by atoms with van der Waals surface area (Å²) in [6.45, 7) is 13.1. The lowest BCUT2D eigenvalue weighted by molar-refractivity contribution is -0.161. The van der Waals surface area contributed by atoms with Crippen LogP contribution in [-0.2, 0) is 23.9 Å². The Hall–Kier alpha value is -2.67. The van der Waals surface area contributed by atoms with Gasteiger partial charge in [-0.2, -0.15) is 0 Å². The highest BCUT2D eigenvalue weighted by atomic mass is 16.6. The molecule has 0 fully saturated rings. The molecule has 0 aliphatic carbocycles. The molecule has 1 aromatic carbocycles. The van der Waals surface area contributed by atoms with Crippen molar-refractivity contribution in [3.63, 3.8) is 0 Å². The molecule has 0 aliphatic heterocycles. The summed E-state index contributed by atoms with van der Waals surface area (Å²) in [6.07, 6.45) is 0.660. The molecule has 0 aliphatic rings. The van der Waals surface area contributed by atoms with Crippen molar-refractivity contribution in [1.29, 1.82) is 0 Å². The Bertz CT molecular complexity index is 742. The van der Waals surface area contributed by atoms with Gasteiger partial charge in [-0.1, -0.05) is 57.2 Å². The number of carbonyl (C=O) groups excluding carboxylic acids is 3. The summed E-state index contributed by atoms with van der Waals surface area (Å²) in [6, 6.07) is 8.52. The Morgan fingerprint density at radius 2 is 1.71 bits per heavy atom. The molecule has 7 heteroatoms. The summed E-state index contributed by atoms with van der Waals surface area (Å²) >= 11 is 0. The van der Waals surface area contributed by atoms with Gasteiger partial charge in [0.15, 0.2) is 6.10 Å². The number of esters is 1. The van der Waals surface area contributed by atoms with Crippen molar-refractivity contribution in [1.82, 2.24) is 10.6 Å². The van der Waals surface area contributed by atoms with E-state index in [-0.39, 0.29) is 25.0 Å². The summed E-state index contributed by atoms with van der Waals surface area (Å²) in [5.74, 6) is -2.28. The van der Waals surface area contributed by atoms with E-state index in [0.29, 0.717) is 0 Å². The Morgan fingerprint density at radius 1 is 1.10 bits per heavy atom. The second-order valence-corrected chi connectivity index (χ2v) is 8.48. The molecule has 0 radical (unpaired) electrons. The fraction of sp³-hybridized carbons (Fsp3) is 0.542. The summed E-state index contributed by atoms with van der Waals surface area (Å²) in [5.41, 5.74) is 0.391. The number of allylic oxidation sites excluding steroid dienone is 1. The number of nitrogens with one attached hydrogen (secondary N) is 2. The van der Waals surface area contributed by atoms with E-state index in [2.05, 4.69) is 17.2 Å². The topological polar surface area (TPSA) is 93.7 Å². The van der Waals surface area contributed by atoms with Gasteiger partial charge in [-0.05, 0) is 31.2 Å². The molecule has 4 atom stereocenters. The van der Waals surface area contributed by atoms with Crippen LogP contribution < -0.4 is 10.6 Å². The third kappa shape index (κ3) is 7.83. The van der Waals surface area contributed by atoms with E-state index in [0.717, 1.165) is 5.56 Å². The molecule has 7 nitrogen and oxygen atoms in total. The smallest absolute Gasteiger partial charge is 0.335 e. The van der Waals surface area contributed by atoms with E-state index in [9.17, 15) is 14.4 Å². The van der Waals surface area contributed by atoms with Crippen LogP contribution in [0.4, 0.5) is 0 Å². The van der Waals surface area contributed by atoms with E-state index in [1.165, 1.54) is 7.11 Å². The summed E-state index contributed by atoms with van der Waals surface area (Å²) in [5, 5.41) is 5.80. The van der Waals surface area contributed by atoms with Gasteiger partial charge in [0, 0.05) is 6.61 Å². The largest absolute Gasteiger partial charge is 0.467 e. The fourth-order valence-corrected chi connectivity index (χ4v) is 3.24. The molecule has 0 saturated carbocycles. The zero-order valence-electron chi connectivity index (χ0n) is 19.4. The maximum atomic E-state index is 13.2. The predicted molar refractivity (Wildman–Crippen MR) is 120 cm³/mol. The first-order valence-electron chi connectivity index (χ1n) is 10.5. The van der Waals surface area contributed by atoms with Gasteiger partial charge in [0.05, 0.1) is 19.1 Å². The lowest BCUT2D eigenvalue weighted by atomic mass is 9.85. The molecule has 4 unspecified atom stereocenters. The average Bonchev–Trinajstić information content (AvgIpc) is 2.73. The maximum Gasteiger partial charge on any atom is 0.335 e. The minimum absolute atomic E-state index is 0.199. The molecule has 2 N–H and O–H groups in total. The van der Waals surface area contributed by atoms with Gasteiger partial charge in [0.1, 0.15) is 6.04 Å². The predicted octanol–water partition coefficient (Wildman–Crippen LogP) is 3.17. The number of amides is 2. The average molecular weight is 433 g/mol. The standard InChI is InChI=1S/C24H36N2O5/c1-8-13-18(19(31-9-2)23(29)30-7)21(27)26-20(24(4,5)6)22(28)25-16(3)17-14-11-10-12-15-17/h8,10-12,14-16,18-20H,1,9,13H2,2-7H3,(H,25,28)(H,26,27). The van der Waals surface area contributed by atoms with Crippen molar-refractivity contribution in [2.24, 2.45) is 11.3 Å². The van der Waals surface area contributed by atoms with Crippen molar-refractivity contribution in [3.05, 3.63) is 48.6 Å². The molecule has 1 rings (SSSR count). The van der Waals surface area contributed by atoms with E-state index in [4.69, 9.17) is 9.47 Å². The van der Waals surface area contributed by atoms with E-state index < -0.39 is 35.4 Å². The molecule has 172 valence electrons. The minimum Gasteiger partial charge on any atom is -0.467 e. The first-order chi connectivity index (χ1) is 14.6. The SMILES string of the molecule is C=CCC(C(=O)NC(C(=O)NC(C)c1ccccc1)C(C)(C)C)C(OCC)C(=O)OC. The van der Waals surface area contributed by atoms with E-state index in [1.807, 2.05) is 58.0 Å². The van der Waals surface area contributed by atoms with Crippen molar-refractivity contribution in [2.75, 3.05) is 13.7 Å². The van der Waals surface area contributed by atoms with Gasteiger partial charge < -0.3 is 20.1 Å². The van der Waals surface area contributed by atoms with Crippen molar-refractivity contribution in [2.45, 2.75) is 59.2 Å². The number of benzene rings is 1. The number of rotatable bonds is 11. The quantitative estimate of drug-likeness (QED) is 0.414. The fourth-order valence-electron chi connectivity index (χ4n) is 3.24. The molecule has 1 aromatic rings. The Morgan fingerprint density at radius 3 is 2.19 bits per heavy atom. The number of hydrogen-bond donors (Lipinski definition) is 2. The Kier molecular flexibility index (Phi) is 10.4. The highest BCUT2D eigenvalue weighted by Crippen LogP contribution is 2.23. The highest BCUT2D eigenvalue weighted by molar-refractivity contribution is 5.92. The van der Waals surface area contributed by atoms with Crippen molar-refractivity contribution < 1.29 is 23.9 Å². The van der Waals surface area contributed by atoms with Crippen LogP contribution in [0.3, 0.4) is 0 Å². The monoisotopic (exact) mass is 432 g/mol. The van der Waals surface area contributed by atoms with Gasteiger partial charge in [0.25, 0.3) is 0 Å². The third-order valence-electron chi connectivity index (χ3n) is 4.98. The van der Waals surface area contributed by atoms with E-state index in [1.54, 1.807) is 13.0 Å². The molecule has 0 aromatic heterocycles. The van der Waals surface area contributed by atoms with Gasteiger partial charge in [-0.3, -0.25) is 9.59 Å². The van der Waals surface area contributed by atoms with Gasteiger partial charge in [0.2, 0.25) is 11.8 Å². The minimum atomic E-state index is -1.08. The Labute approximate surface area is 185 Å². The van der Waals surface area contributed by atoms with Crippen molar-refractivity contribution in [3.8, 4) is 0 Å². The van der Waals surface area contributed by atoms with Gasteiger partial charge >= 0.3 is 5.97 Å². The van der Waals surface area contributed by atoms with Crippen LogP contribution in [0, 0.1) is 11.3 Å². The lowest BCUT2D eigenvalue weighted by Crippen LogP contribution is -2.56. The zero-order valence-corrected chi connectivity index (χ0v) is 19.4. The lowest BCUT2D eigenvalue weighted by Gasteiger charge is -2.33. The highest BCUT2D eigenvalue weighted by Gasteiger charge is 2.39. The molecular formula is C24H36N2O5. The van der Waals surface area contributed by atoms with E-state index >= 15 is 0 Å². The van der Waals surface area contributed by atoms with Crippen LogP contribution in [0.25, 0.3) is 0 Å². The molecule has 2 amide bonds. The van der Waals surface area contributed by atoms with Crippen LogP contribution in [-0.4, -0.2) is 43.6 Å². The number of carbonyl (C=O) groups is 3. The van der Waals surface area contributed by atoms with Gasteiger partial charge in [-0.15, -0.1) is 6.58 Å². The number of methoxy groups -OCH3 is 1. The molecular weight excluding hydrogens is 396 g/mol. The number of hydrogen-bond acceptors (Lipinski definition) is 5. The first kappa shape index (κ1) is 26.4. The zero-order chi connectivity index (χ0) is 23.6. The molecule has 0 bridgehead atoms. The first-order valence-corrected chi connectivity index (χ1v) is 10.5. The van der Waals surface area contributed by atoms with Crippen LogP contribution in [0.1, 0.15) is 52.6 Å².